The van der Waals surface area contributed by atoms with Crippen molar-refractivity contribution in [1.82, 2.24) is 15.1 Å². The molecule has 1 fully saturated rings. The van der Waals surface area contributed by atoms with Crippen LogP contribution in [0, 0.1) is 0 Å². The van der Waals surface area contributed by atoms with E-state index < -0.39 is 0 Å². The van der Waals surface area contributed by atoms with E-state index in [1.165, 1.54) is 0 Å². The summed E-state index contributed by atoms with van der Waals surface area (Å²) >= 11 is 0. The second-order valence-electron chi connectivity index (χ2n) is 5.55. The molecular formula is C15H22N4O3. The lowest BCUT2D eigenvalue weighted by atomic mass is 10.1. The van der Waals surface area contributed by atoms with Gasteiger partial charge in [0.2, 0.25) is 5.89 Å². The highest BCUT2D eigenvalue weighted by Crippen LogP contribution is 2.21. The van der Waals surface area contributed by atoms with Gasteiger partial charge in [-0.25, -0.2) is 0 Å². The SMILES string of the molecule is CCc1nnc(N2CCN(Cc3ccoc3)[C@H](CCO)C2)o1. The molecule has 0 amide bonds. The molecule has 0 spiro atoms. The number of aliphatic hydroxyl groups excluding tert-OH is 1. The fourth-order valence-electron chi connectivity index (χ4n) is 2.83. The quantitative estimate of drug-likeness (QED) is 0.861. The number of hydrogen-bond donors (Lipinski definition) is 1. The van der Waals surface area contributed by atoms with Gasteiger partial charge in [-0.05, 0) is 12.5 Å². The highest BCUT2D eigenvalue weighted by molar-refractivity contribution is 5.26. The minimum absolute atomic E-state index is 0.171. The standard InChI is InChI=1S/C15H22N4O3/c1-2-14-16-17-15(22-14)19-6-5-18(13(10-19)3-7-20)9-12-4-8-21-11-12/h4,8,11,13,20H,2-3,5-7,9-10H2,1H3/t13-/m1/s1. The van der Waals surface area contributed by atoms with E-state index in [9.17, 15) is 5.11 Å². The summed E-state index contributed by atoms with van der Waals surface area (Å²) in [6.45, 7) is 5.51. The first-order valence-electron chi connectivity index (χ1n) is 7.73. The van der Waals surface area contributed by atoms with E-state index in [4.69, 9.17) is 8.83 Å². The van der Waals surface area contributed by atoms with Crippen LogP contribution in [0.3, 0.4) is 0 Å². The van der Waals surface area contributed by atoms with Crippen molar-refractivity contribution >= 4 is 6.01 Å². The summed E-state index contributed by atoms with van der Waals surface area (Å²) in [6.07, 6.45) is 4.93. The van der Waals surface area contributed by atoms with E-state index in [0.717, 1.165) is 44.6 Å². The van der Waals surface area contributed by atoms with Crippen molar-refractivity contribution < 1.29 is 13.9 Å². The molecule has 22 heavy (non-hydrogen) atoms. The normalized spacial score (nSPS) is 19.7. The lowest BCUT2D eigenvalue weighted by molar-refractivity contribution is 0.133. The number of aromatic nitrogens is 2. The van der Waals surface area contributed by atoms with E-state index in [0.29, 0.717) is 11.9 Å². The summed E-state index contributed by atoms with van der Waals surface area (Å²) in [5.41, 5.74) is 1.16. The maximum Gasteiger partial charge on any atom is 0.318 e. The highest BCUT2D eigenvalue weighted by Gasteiger charge is 2.29. The number of hydrogen-bond acceptors (Lipinski definition) is 7. The number of anilines is 1. The molecule has 0 unspecified atom stereocenters. The van der Waals surface area contributed by atoms with E-state index in [1.807, 2.05) is 13.0 Å². The average Bonchev–Trinajstić information content (AvgIpc) is 3.20. The Morgan fingerprint density at radius 1 is 1.36 bits per heavy atom. The first-order chi connectivity index (χ1) is 10.8. The Bertz CT molecular complexity index is 569. The van der Waals surface area contributed by atoms with Gasteiger partial charge in [0.25, 0.3) is 0 Å². The van der Waals surface area contributed by atoms with Crippen molar-refractivity contribution in [2.45, 2.75) is 32.4 Å². The van der Waals surface area contributed by atoms with Gasteiger partial charge >= 0.3 is 6.01 Å². The van der Waals surface area contributed by atoms with Crippen molar-refractivity contribution in [3.63, 3.8) is 0 Å². The molecule has 0 aliphatic carbocycles. The molecule has 1 aliphatic rings. The third-order valence-electron chi connectivity index (χ3n) is 4.06. The van der Waals surface area contributed by atoms with Gasteiger partial charge in [-0.15, -0.1) is 5.10 Å². The van der Waals surface area contributed by atoms with Gasteiger partial charge in [0.15, 0.2) is 0 Å². The van der Waals surface area contributed by atoms with Crippen molar-refractivity contribution in [1.29, 1.82) is 0 Å². The lowest BCUT2D eigenvalue weighted by Crippen LogP contribution is -2.53. The van der Waals surface area contributed by atoms with Crippen LogP contribution in [0.25, 0.3) is 0 Å². The van der Waals surface area contributed by atoms with Crippen LogP contribution in [0.4, 0.5) is 6.01 Å². The zero-order valence-corrected chi connectivity index (χ0v) is 12.8. The minimum atomic E-state index is 0.171. The van der Waals surface area contributed by atoms with Gasteiger partial charge in [0, 0.05) is 50.8 Å². The van der Waals surface area contributed by atoms with Crippen molar-refractivity contribution in [2.24, 2.45) is 0 Å². The van der Waals surface area contributed by atoms with Crippen molar-refractivity contribution in [3.8, 4) is 0 Å². The van der Waals surface area contributed by atoms with Gasteiger partial charge in [0.05, 0.1) is 12.5 Å². The van der Waals surface area contributed by atoms with Gasteiger partial charge in [-0.2, -0.15) is 0 Å². The molecule has 1 N–H and O–H groups in total. The molecular weight excluding hydrogens is 284 g/mol. The van der Waals surface area contributed by atoms with Gasteiger partial charge in [-0.1, -0.05) is 12.0 Å². The zero-order valence-electron chi connectivity index (χ0n) is 12.8. The fraction of sp³-hybridized carbons (Fsp3) is 0.600. The molecule has 0 bridgehead atoms. The summed E-state index contributed by atoms with van der Waals surface area (Å²) in [5.74, 6) is 0.662. The Balaban J connectivity index is 1.67. The number of aryl methyl sites for hydroxylation is 1. The third-order valence-corrected chi connectivity index (χ3v) is 4.06. The van der Waals surface area contributed by atoms with E-state index in [1.54, 1.807) is 12.5 Å². The zero-order chi connectivity index (χ0) is 15.4. The molecule has 0 radical (unpaired) electrons. The number of rotatable bonds is 6. The van der Waals surface area contributed by atoms with Gasteiger partial charge < -0.3 is 18.8 Å². The van der Waals surface area contributed by atoms with Crippen LogP contribution in [0.15, 0.2) is 27.4 Å². The maximum atomic E-state index is 9.35. The average molecular weight is 306 g/mol. The smallest absolute Gasteiger partial charge is 0.318 e. The Kier molecular flexibility index (Phi) is 4.74. The summed E-state index contributed by atoms with van der Waals surface area (Å²) in [4.78, 5) is 4.48. The summed E-state index contributed by atoms with van der Waals surface area (Å²) in [7, 11) is 0. The molecule has 2 aromatic rings. The molecule has 3 rings (SSSR count). The Morgan fingerprint density at radius 2 is 2.27 bits per heavy atom. The topological polar surface area (TPSA) is 78.8 Å². The summed E-state index contributed by atoms with van der Waals surface area (Å²) < 4.78 is 10.8. The molecule has 3 heterocycles. The second kappa shape index (κ2) is 6.93. The van der Waals surface area contributed by atoms with E-state index in [-0.39, 0.29) is 12.6 Å². The Morgan fingerprint density at radius 3 is 2.95 bits per heavy atom. The van der Waals surface area contributed by atoms with Crippen LogP contribution in [0.5, 0.6) is 0 Å². The van der Waals surface area contributed by atoms with Crippen LogP contribution in [0.1, 0.15) is 24.8 Å². The van der Waals surface area contributed by atoms with Gasteiger partial charge in [0.1, 0.15) is 0 Å². The predicted octanol–water partition coefficient (Wildman–Crippen LogP) is 1.30. The van der Waals surface area contributed by atoms with Crippen molar-refractivity contribution in [2.75, 3.05) is 31.1 Å². The first kappa shape index (κ1) is 15.1. The number of nitrogens with zero attached hydrogens (tertiary/aromatic N) is 4. The molecule has 0 aromatic carbocycles. The predicted molar refractivity (Wildman–Crippen MR) is 80.5 cm³/mol. The Hall–Kier alpha value is -1.86. The molecule has 120 valence electrons. The third kappa shape index (κ3) is 3.31. The number of aliphatic hydroxyl groups is 1. The highest BCUT2D eigenvalue weighted by atomic mass is 16.4. The monoisotopic (exact) mass is 306 g/mol. The molecule has 1 saturated heterocycles. The molecule has 0 saturated carbocycles. The number of piperazine rings is 1. The molecule has 1 atom stereocenters. The molecule has 1 aliphatic heterocycles. The molecule has 7 heteroatoms. The largest absolute Gasteiger partial charge is 0.472 e. The van der Waals surface area contributed by atoms with Crippen LogP contribution in [-0.4, -0.2) is 52.5 Å². The summed E-state index contributed by atoms with van der Waals surface area (Å²) in [6, 6.07) is 2.82. The van der Waals surface area contributed by atoms with Crippen LogP contribution < -0.4 is 4.90 Å². The van der Waals surface area contributed by atoms with Crippen LogP contribution in [-0.2, 0) is 13.0 Å². The fourth-order valence-corrected chi connectivity index (χ4v) is 2.83. The lowest BCUT2D eigenvalue weighted by Gasteiger charge is -2.40. The minimum Gasteiger partial charge on any atom is -0.472 e. The summed E-state index contributed by atoms with van der Waals surface area (Å²) in [5, 5.41) is 17.5. The van der Waals surface area contributed by atoms with E-state index in [2.05, 4.69) is 20.0 Å². The van der Waals surface area contributed by atoms with Gasteiger partial charge in [-0.3, -0.25) is 4.90 Å². The molecule has 2 aromatic heterocycles. The number of furan rings is 1. The van der Waals surface area contributed by atoms with Crippen LogP contribution in [0.2, 0.25) is 0 Å². The van der Waals surface area contributed by atoms with E-state index >= 15 is 0 Å². The Labute approximate surface area is 129 Å². The van der Waals surface area contributed by atoms with Crippen molar-refractivity contribution in [3.05, 3.63) is 30.0 Å². The maximum absolute atomic E-state index is 9.35. The second-order valence-corrected chi connectivity index (χ2v) is 5.55. The first-order valence-corrected chi connectivity index (χ1v) is 7.73. The van der Waals surface area contributed by atoms with Crippen LogP contribution >= 0.6 is 0 Å². The molecule has 7 nitrogen and oxygen atoms in total.